The topological polar surface area (TPSA) is 65.5 Å². The van der Waals surface area contributed by atoms with Crippen molar-refractivity contribution in [2.45, 2.75) is 12.5 Å². The summed E-state index contributed by atoms with van der Waals surface area (Å²) in [5, 5.41) is 4.54. The molecule has 25 heavy (non-hydrogen) atoms. The molecule has 1 fully saturated rings. The molecule has 1 aliphatic heterocycles. The second-order valence-electron chi connectivity index (χ2n) is 6.12. The Labute approximate surface area is 149 Å². The summed E-state index contributed by atoms with van der Waals surface area (Å²) in [6.07, 6.45) is 0.937. The number of likely N-dealkylation sites (N-methyl/N-ethyl adjacent to an activating group) is 2. The molecular formula is C17H19FN4O2S. The minimum Gasteiger partial charge on any atom is -0.336 e. The summed E-state index contributed by atoms with van der Waals surface area (Å²) in [5.74, 6) is -1.10. The van der Waals surface area contributed by atoms with Gasteiger partial charge in [0.15, 0.2) is 5.13 Å². The number of nitrogens with zero attached hydrogens (tertiary/aromatic N) is 3. The summed E-state index contributed by atoms with van der Waals surface area (Å²) in [4.78, 5) is 32.7. The number of rotatable bonds is 4. The first-order valence-corrected chi connectivity index (χ1v) is 8.80. The van der Waals surface area contributed by atoms with Crippen LogP contribution >= 0.6 is 11.3 Å². The number of anilines is 1. The number of carbonyl (C=O) groups is 2. The minimum atomic E-state index is -0.481. The zero-order chi connectivity index (χ0) is 18.0. The Bertz CT molecular complexity index is 794. The Balaban J connectivity index is 1.65. The van der Waals surface area contributed by atoms with Crippen LogP contribution in [0.1, 0.15) is 27.3 Å². The number of hydrogen-bond acceptors (Lipinski definition) is 5. The number of carbonyl (C=O) groups excluding carboxylic acids is 2. The second-order valence-corrected chi connectivity index (χ2v) is 6.98. The van der Waals surface area contributed by atoms with Crippen LogP contribution in [0.25, 0.3) is 0 Å². The normalized spacial score (nSPS) is 17.5. The molecule has 0 bridgehead atoms. The van der Waals surface area contributed by atoms with E-state index in [4.69, 9.17) is 0 Å². The minimum absolute atomic E-state index is 0.164. The van der Waals surface area contributed by atoms with Crippen LogP contribution in [0.5, 0.6) is 0 Å². The molecule has 6 nitrogen and oxygen atoms in total. The number of amides is 2. The van der Waals surface area contributed by atoms with Crippen LogP contribution in [-0.2, 0) is 0 Å². The van der Waals surface area contributed by atoms with Crippen molar-refractivity contribution in [3.05, 3.63) is 46.7 Å². The summed E-state index contributed by atoms with van der Waals surface area (Å²) in [6.45, 7) is 1.81. The van der Waals surface area contributed by atoms with Gasteiger partial charge in [0.05, 0.1) is 0 Å². The van der Waals surface area contributed by atoms with Gasteiger partial charge in [-0.15, -0.1) is 11.3 Å². The first-order chi connectivity index (χ1) is 11.9. The fourth-order valence-corrected chi connectivity index (χ4v) is 3.48. The summed E-state index contributed by atoms with van der Waals surface area (Å²) < 4.78 is 13.2. The number of likely N-dealkylation sites (tertiary alicyclic amines) is 1. The molecule has 1 atom stereocenters. The lowest BCUT2D eigenvalue weighted by Gasteiger charge is -2.23. The second kappa shape index (κ2) is 7.28. The van der Waals surface area contributed by atoms with Crippen molar-refractivity contribution < 1.29 is 14.0 Å². The molecule has 2 aromatic rings. The van der Waals surface area contributed by atoms with E-state index in [1.165, 1.54) is 29.5 Å². The number of halogens is 1. The number of aromatic nitrogens is 1. The van der Waals surface area contributed by atoms with E-state index < -0.39 is 11.7 Å². The van der Waals surface area contributed by atoms with Crippen LogP contribution in [0.4, 0.5) is 9.52 Å². The van der Waals surface area contributed by atoms with Gasteiger partial charge < -0.3 is 9.80 Å². The van der Waals surface area contributed by atoms with Gasteiger partial charge in [-0.25, -0.2) is 9.37 Å². The van der Waals surface area contributed by atoms with Gasteiger partial charge in [-0.05, 0) is 38.2 Å². The van der Waals surface area contributed by atoms with E-state index in [1.807, 2.05) is 7.05 Å². The molecule has 0 aliphatic carbocycles. The molecule has 1 saturated heterocycles. The molecule has 1 N–H and O–H groups in total. The Morgan fingerprint density at radius 2 is 2.24 bits per heavy atom. The van der Waals surface area contributed by atoms with Crippen molar-refractivity contribution in [3.63, 3.8) is 0 Å². The van der Waals surface area contributed by atoms with Gasteiger partial charge in [0, 0.05) is 30.6 Å². The average molecular weight is 362 g/mol. The fraction of sp³-hybridized carbons (Fsp3) is 0.353. The molecule has 132 valence electrons. The predicted molar refractivity (Wildman–Crippen MR) is 94.5 cm³/mol. The summed E-state index contributed by atoms with van der Waals surface area (Å²) in [7, 11) is 3.80. The van der Waals surface area contributed by atoms with Crippen LogP contribution in [0, 0.1) is 5.82 Å². The van der Waals surface area contributed by atoms with Crippen molar-refractivity contribution in [1.82, 2.24) is 14.8 Å². The van der Waals surface area contributed by atoms with Crippen LogP contribution in [0.2, 0.25) is 0 Å². The van der Waals surface area contributed by atoms with E-state index in [2.05, 4.69) is 15.2 Å². The van der Waals surface area contributed by atoms with Gasteiger partial charge in [0.2, 0.25) is 0 Å². The fourth-order valence-electron chi connectivity index (χ4n) is 2.80. The lowest BCUT2D eigenvalue weighted by atomic mass is 10.2. The standard InChI is InChI=1S/C17H19FN4O2S/c1-21-7-6-13(9-21)22(2)16(24)14-10-25-17(19-14)20-15(23)11-4-3-5-12(18)8-11/h3-5,8,10,13H,6-7,9H2,1-2H3,(H,19,20,23). The van der Waals surface area contributed by atoms with E-state index in [9.17, 15) is 14.0 Å². The van der Waals surface area contributed by atoms with Crippen molar-refractivity contribution in [2.24, 2.45) is 0 Å². The van der Waals surface area contributed by atoms with Gasteiger partial charge in [-0.2, -0.15) is 0 Å². The molecule has 8 heteroatoms. The predicted octanol–water partition coefficient (Wildman–Crippen LogP) is 2.31. The third-order valence-electron chi connectivity index (χ3n) is 4.27. The smallest absolute Gasteiger partial charge is 0.273 e. The Kier molecular flexibility index (Phi) is 5.10. The Morgan fingerprint density at radius 1 is 1.44 bits per heavy atom. The van der Waals surface area contributed by atoms with Crippen LogP contribution in [0.3, 0.4) is 0 Å². The van der Waals surface area contributed by atoms with Crippen LogP contribution < -0.4 is 5.32 Å². The van der Waals surface area contributed by atoms with Gasteiger partial charge >= 0.3 is 0 Å². The monoisotopic (exact) mass is 362 g/mol. The zero-order valence-corrected chi connectivity index (χ0v) is 14.8. The molecular weight excluding hydrogens is 343 g/mol. The average Bonchev–Trinajstić information content (AvgIpc) is 3.22. The molecule has 2 heterocycles. The van der Waals surface area contributed by atoms with E-state index in [1.54, 1.807) is 17.3 Å². The first kappa shape index (κ1) is 17.5. The number of benzene rings is 1. The highest BCUT2D eigenvalue weighted by molar-refractivity contribution is 7.14. The third kappa shape index (κ3) is 4.02. The Morgan fingerprint density at radius 3 is 2.92 bits per heavy atom. The van der Waals surface area contributed by atoms with E-state index in [0.29, 0.717) is 10.8 Å². The van der Waals surface area contributed by atoms with Crippen LogP contribution in [0.15, 0.2) is 29.6 Å². The summed E-state index contributed by atoms with van der Waals surface area (Å²) in [6, 6.07) is 5.58. The zero-order valence-electron chi connectivity index (χ0n) is 14.0. The van der Waals surface area contributed by atoms with Gasteiger partial charge in [0.25, 0.3) is 11.8 Å². The maximum atomic E-state index is 13.2. The van der Waals surface area contributed by atoms with Crippen LogP contribution in [-0.4, -0.2) is 59.8 Å². The Hall–Kier alpha value is -2.32. The molecule has 2 amide bonds. The molecule has 1 aromatic carbocycles. The molecule has 1 aromatic heterocycles. The van der Waals surface area contributed by atoms with Crippen molar-refractivity contribution >= 4 is 28.3 Å². The number of hydrogen-bond donors (Lipinski definition) is 1. The summed E-state index contributed by atoms with van der Waals surface area (Å²) >= 11 is 1.17. The molecule has 1 aliphatic rings. The first-order valence-electron chi connectivity index (χ1n) is 7.92. The van der Waals surface area contributed by atoms with Gasteiger partial charge in [-0.3, -0.25) is 14.9 Å². The highest BCUT2D eigenvalue weighted by Gasteiger charge is 2.28. The van der Waals surface area contributed by atoms with Gasteiger partial charge in [0.1, 0.15) is 11.5 Å². The van der Waals surface area contributed by atoms with E-state index in [-0.39, 0.29) is 17.5 Å². The summed E-state index contributed by atoms with van der Waals surface area (Å²) in [5.41, 5.74) is 0.505. The number of nitrogens with one attached hydrogen (secondary N) is 1. The molecule has 3 rings (SSSR count). The maximum Gasteiger partial charge on any atom is 0.273 e. The SMILES string of the molecule is CN1CCC(N(C)C(=O)c2csc(NC(=O)c3cccc(F)c3)n2)C1. The van der Waals surface area contributed by atoms with Crippen molar-refractivity contribution in [2.75, 3.05) is 32.5 Å². The highest BCUT2D eigenvalue weighted by atomic mass is 32.1. The third-order valence-corrected chi connectivity index (χ3v) is 5.02. The lowest BCUT2D eigenvalue weighted by Crippen LogP contribution is -2.38. The maximum absolute atomic E-state index is 13.2. The molecule has 0 saturated carbocycles. The quantitative estimate of drug-likeness (QED) is 0.906. The largest absolute Gasteiger partial charge is 0.336 e. The molecule has 1 unspecified atom stereocenters. The molecule has 0 radical (unpaired) electrons. The lowest BCUT2D eigenvalue weighted by molar-refractivity contribution is 0.0732. The number of thiazole rings is 1. The van der Waals surface area contributed by atoms with Crippen molar-refractivity contribution in [1.29, 1.82) is 0 Å². The van der Waals surface area contributed by atoms with E-state index >= 15 is 0 Å². The highest BCUT2D eigenvalue weighted by Crippen LogP contribution is 2.20. The molecule has 0 spiro atoms. The van der Waals surface area contributed by atoms with Gasteiger partial charge in [-0.1, -0.05) is 6.07 Å². The van der Waals surface area contributed by atoms with Crippen molar-refractivity contribution in [3.8, 4) is 0 Å². The van der Waals surface area contributed by atoms with E-state index in [0.717, 1.165) is 25.6 Å².